The summed E-state index contributed by atoms with van der Waals surface area (Å²) in [6, 6.07) is 14.7. The van der Waals surface area contributed by atoms with E-state index in [0.29, 0.717) is 5.69 Å². The van der Waals surface area contributed by atoms with Gasteiger partial charge in [0.25, 0.3) is 0 Å². The number of ether oxygens (including phenoxy) is 1. The highest BCUT2D eigenvalue weighted by Gasteiger charge is 2.06. The molecule has 0 spiro atoms. The van der Waals surface area contributed by atoms with Crippen molar-refractivity contribution in [3.05, 3.63) is 59.7 Å². The van der Waals surface area contributed by atoms with Gasteiger partial charge in [-0.1, -0.05) is 29.8 Å². The highest BCUT2D eigenvalue weighted by molar-refractivity contribution is 5.88. The highest BCUT2D eigenvalue weighted by atomic mass is 16.5. The largest absolute Gasteiger partial charge is 0.490 e. The molecule has 0 saturated heterocycles. The number of aryl methyl sites for hydroxylation is 1. The molecule has 1 unspecified atom stereocenters. The third-order valence-electron chi connectivity index (χ3n) is 3.19. The third-order valence-corrected chi connectivity index (χ3v) is 3.19. The number of nitrogens with one attached hydrogen (secondary N) is 2. The average Bonchev–Trinajstić information content (AvgIpc) is 2.51. The van der Waals surface area contributed by atoms with Crippen LogP contribution in [0, 0.1) is 6.92 Å². The smallest absolute Gasteiger partial charge is 0.342 e. The standard InChI is InChI=1S/C17H20N2O3/c1-12-3-5-14(6-4-12)11-13(2)22-16-9-7-15(8-10-16)18-17(20)19-21/h3-10,13,21H,11H2,1-2H3,(H2,18,19,20). The topological polar surface area (TPSA) is 70.6 Å². The zero-order valence-corrected chi connectivity index (χ0v) is 12.7. The van der Waals surface area contributed by atoms with Crippen LogP contribution in [-0.4, -0.2) is 17.3 Å². The number of anilines is 1. The average molecular weight is 300 g/mol. The number of urea groups is 1. The van der Waals surface area contributed by atoms with Crippen molar-refractivity contribution in [2.45, 2.75) is 26.4 Å². The summed E-state index contributed by atoms with van der Waals surface area (Å²) in [6.07, 6.45) is 0.870. The fourth-order valence-corrected chi connectivity index (χ4v) is 2.11. The molecule has 1 atom stereocenters. The van der Waals surface area contributed by atoms with Crippen molar-refractivity contribution in [2.75, 3.05) is 5.32 Å². The second kappa shape index (κ2) is 7.47. The van der Waals surface area contributed by atoms with Gasteiger partial charge >= 0.3 is 6.03 Å². The van der Waals surface area contributed by atoms with Gasteiger partial charge in [-0.3, -0.25) is 5.21 Å². The quantitative estimate of drug-likeness (QED) is 0.584. The molecule has 0 aliphatic rings. The molecule has 2 aromatic rings. The van der Waals surface area contributed by atoms with E-state index in [0.717, 1.165) is 12.2 Å². The van der Waals surface area contributed by atoms with E-state index in [2.05, 4.69) is 36.5 Å². The number of carbonyl (C=O) groups excluding carboxylic acids is 1. The van der Waals surface area contributed by atoms with Crippen molar-refractivity contribution < 1.29 is 14.7 Å². The fourth-order valence-electron chi connectivity index (χ4n) is 2.11. The van der Waals surface area contributed by atoms with Crippen LogP contribution in [0.25, 0.3) is 0 Å². The van der Waals surface area contributed by atoms with E-state index < -0.39 is 6.03 Å². The highest BCUT2D eigenvalue weighted by Crippen LogP contribution is 2.18. The third kappa shape index (κ3) is 4.79. The summed E-state index contributed by atoms with van der Waals surface area (Å²) in [4.78, 5) is 11.0. The molecule has 0 heterocycles. The van der Waals surface area contributed by atoms with Crippen LogP contribution >= 0.6 is 0 Å². The molecule has 2 aromatic carbocycles. The van der Waals surface area contributed by atoms with Crippen molar-refractivity contribution >= 4 is 11.7 Å². The lowest BCUT2D eigenvalue weighted by Gasteiger charge is -2.15. The number of carbonyl (C=O) groups is 1. The first-order valence-corrected chi connectivity index (χ1v) is 7.10. The van der Waals surface area contributed by atoms with Gasteiger partial charge in [0, 0.05) is 12.1 Å². The summed E-state index contributed by atoms with van der Waals surface area (Å²) in [5.41, 5.74) is 4.56. The minimum absolute atomic E-state index is 0.0438. The van der Waals surface area contributed by atoms with E-state index >= 15 is 0 Å². The van der Waals surface area contributed by atoms with E-state index in [-0.39, 0.29) is 6.10 Å². The van der Waals surface area contributed by atoms with Crippen LogP contribution < -0.4 is 15.5 Å². The summed E-state index contributed by atoms with van der Waals surface area (Å²) >= 11 is 0. The maximum atomic E-state index is 11.0. The molecule has 0 aliphatic heterocycles. The molecule has 5 nitrogen and oxygen atoms in total. The van der Waals surface area contributed by atoms with Crippen molar-refractivity contribution in [3.63, 3.8) is 0 Å². The summed E-state index contributed by atoms with van der Waals surface area (Å²) in [5.74, 6) is 0.731. The van der Waals surface area contributed by atoms with Gasteiger partial charge in [0.05, 0.1) is 6.10 Å². The van der Waals surface area contributed by atoms with Gasteiger partial charge in [-0.25, -0.2) is 10.3 Å². The van der Waals surface area contributed by atoms with E-state index in [1.807, 2.05) is 6.92 Å². The fraction of sp³-hybridized carbons (Fsp3) is 0.235. The van der Waals surface area contributed by atoms with Crippen LogP contribution in [0.3, 0.4) is 0 Å². The van der Waals surface area contributed by atoms with E-state index in [9.17, 15) is 4.79 Å². The van der Waals surface area contributed by atoms with Gasteiger partial charge < -0.3 is 10.1 Å². The van der Waals surface area contributed by atoms with Crippen LogP contribution in [0.5, 0.6) is 5.75 Å². The second-order valence-electron chi connectivity index (χ2n) is 5.21. The number of amides is 2. The molecule has 0 radical (unpaired) electrons. The summed E-state index contributed by atoms with van der Waals surface area (Å²) in [7, 11) is 0. The van der Waals surface area contributed by atoms with Crippen LogP contribution in [-0.2, 0) is 6.42 Å². The predicted molar refractivity (Wildman–Crippen MR) is 85.4 cm³/mol. The lowest BCUT2D eigenvalue weighted by Crippen LogP contribution is -2.25. The SMILES string of the molecule is Cc1ccc(CC(C)Oc2ccc(NC(=O)NO)cc2)cc1. The molecule has 0 bridgehead atoms. The molecule has 0 fully saturated rings. The van der Waals surface area contributed by atoms with E-state index in [1.54, 1.807) is 24.3 Å². The Kier molecular flexibility index (Phi) is 5.38. The summed E-state index contributed by atoms with van der Waals surface area (Å²) < 4.78 is 5.86. The maximum Gasteiger partial charge on any atom is 0.342 e. The molecule has 3 N–H and O–H groups in total. The normalized spacial score (nSPS) is 11.6. The summed E-state index contributed by atoms with van der Waals surface area (Å²) in [5, 5.41) is 10.9. The monoisotopic (exact) mass is 300 g/mol. The van der Waals surface area contributed by atoms with Gasteiger partial charge in [-0.15, -0.1) is 0 Å². The number of hydrogen-bond acceptors (Lipinski definition) is 3. The first kappa shape index (κ1) is 15.9. The number of benzene rings is 2. The van der Waals surface area contributed by atoms with Gasteiger partial charge in [0.15, 0.2) is 0 Å². The zero-order valence-electron chi connectivity index (χ0n) is 12.7. The minimum atomic E-state index is -0.679. The Bertz CT molecular complexity index is 609. The van der Waals surface area contributed by atoms with Crippen LogP contribution in [0.2, 0.25) is 0 Å². The van der Waals surface area contributed by atoms with Crippen molar-refractivity contribution in [1.29, 1.82) is 0 Å². The molecule has 0 aliphatic carbocycles. The molecule has 2 rings (SSSR count). The lowest BCUT2D eigenvalue weighted by atomic mass is 10.1. The first-order chi connectivity index (χ1) is 10.6. The molecular formula is C17H20N2O3. The Labute approximate surface area is 129 Å². The lowest BCUT2D eigenvalue weighted by molar-refractivity contribution is 0.172. The Balaban J connectivity index is 1.89. The van der Waals surface area contributed by atoms with Crippen LogP contribution in [0.15, 0.2) is 48.5 Å². The molecule has 22 heavy (non-hydrogen) atoms. The molecular weight excluding hydrogens is 280 g/mol. The Hall–Kier alpha value is -2.53. The molecule has 0 aromatic heterocycles. The van der Waals surface area contributed by atoms with Gasteiger partial charge in [-0.2, -0.15) is 0 Å². The van der Waals surface area contributed by atoms with Crippen molar-refractivity contribution in [2.24, 2.45) is 0 Å². The van der Waals surface area contributed by atoms with Gasteiger partial charge in [0.1, 0.15) is 5.75 Å². The second-order valence-corrected chi connectivity index (χ2v) is 5.21. The number of hydrogen-bond donors (Lipinski definition) is 3. The Morgan fingerprint density at radius 3 is 2.36 bits per heavy atom. The van der Waals surface area contributed by atoms with Crippen LogP contribution in [0.1, 0.15) is 18.1 Å². The van der Waals surface area contributed by atoms with Gasteiger partial charge in [-0.05, 0) is 43.7 Å². The molecule has 116 valence electrons. The zero-order chi connectivity index (χ0) is 15.9. The number of hydroxylamine groups is 1. The molecule has 5 heteroatoms. The van der Waals surface area contributed by atoms with E-state index in [4.69, 9.17) is 9.94 Å². The van der Waals surface area contributed by atoms with Crippen molar-refractivity contribution in [3.8, 4) is 5.75 Å². The molecule has 2 amide bonds. The number of rotatable bonds is 5. The van der Waals surface area contributed by atoms with Crippen LogP contribution in [0.4, 0.5) is 10.5 Å². The molecule has 0 saturated carbocycles. The Morgan fingerprint density at radius 1 is 1.14 bits per heavy atom. The summed E-state index contributed by atoms with van der Waals surface area (Å²) in [6.45, 7) is 4.08. The van der Waals surface area contributed by atoms with Gasteiger partial charge in [0.2, 0.25) is 0 Å². The van der Waals surface area contributed by atoms with E-state index in [1.165, 1.54) is 16.6 Å². The first-order valence-electron chi connectivity index (χ1n) is 7.10. The Morgan fingerprint density at radius 2 is 1.77 bits per heavy atom. The predicted octanol–water partition coefficient (Wildman–Crippen LogP) is 3.52. The maximum absolute atomic E-state index is 11.0. The van der Waals surface area contributed by atoms with Crippen molar-refractivity contribution in [1.82, 2.24) is 5.48 Å². The minimum Gasteiger partial charge on any atom is -0.490 e.